The van der Waals surface area contributed by atoms with E-state index in [1.54, 1.807) is 35.7 Å². The van der Waals surface area contributed by atoms with Gasteiger partial charge in [-0.05, 0) is 48.2 Å². The first kappa shape index (κ1) is 20.4. The number of thiophene rings is 1. The number of aromatic nitrogens is 1. The van der Waals surface area contributed by atoms with E-state index < -0.39 is 0 Å². The largest absolute Gasteiger partial charge is 0.383 e. The molecule has 8 nitrogen and oxygen atoms in total. The summed E-state index contributed by atoms with van der Waals surface area (Å²) in [5, 5.41) is 7.32. The highest BCUT2D eigenvalue weighted by atomic mass is 32.1. The molecule has 4 aromatic rings. The molecule has 6 rings (SSSR count). The van der Waals surface area contributed by atoms with Crippen molar-refractivity contribution in [2.24, 2.45) is 10.7 Å². The van der Waals surface area contributed by atoms with Crippen molar-refractivity contribution >= 4 is 62.6 Å². The Balaban J connectivity index is 1.44. The third-order valence-corrected chi connectivity index (χ3v) is 7.22. The number of amides is 2. The Morgan fingerprint density at radius 3 is 2.71 bits per heavy atom. The van der Waals surface area contributed by atoms with E-state index in [0.717, 1.165) is 37.5 Å². The van der Waals surface area contributed by atoms with Crippen molar-refractivity contribution in [3.05, 3.63) is 75.6 Å². The molecule has 4 heterocycles. The van der Waals surface area contributed by atoms with E-state index in [1.807, 2.05) is 17.5 Å². The standard InChI is InChI=1S/C25H20N6O2S/c1-13-3-5-16-15(20(13)31-12-28-22(26)21-19(31)8-10-34-21)7-9-27-23(16)29-14-4-6-17-18(11-14)25(33)30(2)24(17)32/h3-11H,12H2,1-2H3,(H2,26,28)(H,27,29). The fourth-order valence-corrected chi connectivity index (χ4v) is 5.39. The lowest BCUT2D eigenvalue weighted by Gasteiger charge is -2.29. The molecule has 168 valence electrons. The molecule has 0 unspecified atom stereocenters. The van der Waals surface area contributed by atoms with Gasteiger partial charge in [0.2, 0.25) is 0 Å². The van der Waals surface area contributed by atoms with Gasteiger partial charge in [0, 0.05) is 29.7 Å². The highest BCUT2D eigenvalue weighted by molar-refractivity contribution is 7.12. The Labute approximate surface area is 199 Å². The molecule has 0 aliphatic carbocycles. The Hall–Kier alpha value is -4.24. The summed E-state index contributed by atoms with van der Waals surface area (Å²) in [6.45, 7) is 2.52. The van der Waals surface area contributed by atoms with Crippen LogP contribution in [0.2, 0.25) is 0 Å². The molecule has 2 aromatic carbocycles. The van der Waals surface area contributed by atoms with Crippen molar-refractivity contribution < 1.29 is 9.59 Å². The summed E-state index contributed by atoms with van der Waals surface area (Å²) in [5.74, 6) is 0.643. The molecule has 0 saturated carbocycles. The summed E-state index contributed by atoms with van der Waals surface area (Å²) in [6, 6.07) is 13.3. The van der Waals surface area contributed by atoms with Crippen LogP contribution in [0.1, 0.15) is 31.2 Å². The van der Waals surface area contributed by atoms with Gasteiger partial charge in [-0.3, -0.25) is 14.5 Å². The number of fused-ring (bicyclic) bond motifs is 3. The van der Waals surface area contributed by atoms with Crippen molar-refractivity contribution in [1.82, 2.24) is 9.88 Å². The lowest BCUT2D eigenvalue weighted by Crippen LogP contribution is -2.28. The summed E-state index contributed by atoms with van der Waals surface area (Å²) in [4.78, 5) is 38.0. The van der Waals surface area contributed by atoms with E-state index in [0.29, 0.717) is 35.1 Å². The Morgan fingerprint density at radius 2 is 1.85 bits per heavy atom. The van der Waals surface area contributed by atoms with Crippen LogP contribution in [0.4, 0.5) is 22.9 Å². The number of imide groups is 1. The molecule has 0 spiro atoms. The van der Waals surface area contributed by atoms with Crippen LogP contribution in [-0.4, -0.2) is 41.3 Å². The summed E-state index contributed by atoms with van der Waals surface area (Å²) < 4.78 is 0. The molecule has 2 amide bonds. The summed E-state index contributed by atoms with van der Waals surface area (Å²) in [6.07, 6.45) is 1.76. The van der Waals surface area contributed by atoms with E-state index in [9.17, 15) is 9.59 Å². The van der Waals surface area contributed by atoms with E-state index in [4.69, 9.17) is 5.73 Å². The molecule has 0 radical (unpaired) electrons. The lowest BCUT2D eigenvalue weighted by molar-refractivity contribution is 0.0693. The molecule has 2 aliphatic heterocycles. The van der Waals surface area contributed by atoms with Crippen LogP contribution in [0.5, 0.6) is 0 Å². The minimum absolute atomic E-state index is 0.285. The van der Waals surface area contributed by atoms with E-state index in [-0.39, 0.29) is 11.8 Å². The first-order chi connectivity index (χ1) is 16.4. The number of amidine groups is 1. The number of nitrogens with zero attached hydrogens (tertiary/aromatic N) is 4. The fraction of sp³-hybridized carbons (Fsp3) is 0.120. The molecule has 2 aromatic heterocycles. The zero-order valence-corrected chi connectivity index (χ0v) is 19.3. The van der Waals surface area contributed by atoms with Gasteiger partial charge in [0.15, 0.2) is 0 Å². The number of hydrogen-bond acceptors (Lipinski definition) is 8. The van der Waals surface area contributed by atoms with Gasteiger partial charge in [0.25, 0.3) is 11.8 Å². The topological polar surface area (TPSA) is 104 Å². The van der Waals surface area contributed by atoms with Gasteiger partial charge < -0.3 is 16.0 Å². The van der Waals surface area contributed by atoms with E-state index >= 15 is 0 Å². The molecule has 2 aliphatic rings. The Kier molecular flexibility index (Phi) is 4.43. The summed E-state index contributed by atoms with van der Waals surface area (Å²) >= 11 is 1.58. The summed E-state index contributed by atoms with van der Waals surface area (Å²) in [7, 11) is 1.49. The van der Waals surface area contributed by atoms with Crippen LogP contribution >= 0.6 is 11.3 Å². The Bertz CT molecular complexity index is 1560. The number of nitrogens with two attached hydrogens (primary N) is 1. The molecule has 0 atom stereocenters. The van der Waals surface area contributed by atoms with Crippen LogP contribution in [0.3, 0.4) is 0 Å². The lowest BCUT2D eigenvalue weighted by atomic mass is 10.0. The van der Waals surface area contributed by atoms with Gasteiger partial charge in [0.05, 0.1) is 27.4 Å². The Morgan fingerprint density at radius 1 is 1.03 bits per heavy atom. The predicted molar refractivity (Wildman–Crippen MR) is 135 cm³/mol. The molecule has 0 fully saturated rings. The van der Waals surface area contributed by atoms with Gasteiger partial charge in [-0.15, -0.1) is 11.3 Å². The maximum atomic E-state index is 12.4. The fourth-order valence-electron chi connectivity index (χ4n) is 4.57. The molecule has 0 bridgehead atoms. The molecular weight excluding hydrogens is 448 g/mol. The number of carbonyl (C=O) groups excluding carboxylic acids is 2. The molecule has 34 heavy (non-hydrogen) atoms. The maximum Gasteiger partial charge on any atom is 0.261 e. The first-order valence-electron chi connectivity index (χ1n) is 10.7. The number of nitrogens with one attached hydrogen (secondary N) is 1. The number of hydrogen-bond donors (Lipinski definition) is 2. The second-order valence-electron chi connectivity index (χ2n) is 8.29. The van der Waals surface area contributed by atoms with Gasteiger partial charge in [-0.2, -0.15) is 0 Å². The van der Waals surface area contributed by atoms with E-state index in [1.165, 1.54) is 7.05 Å². The van der Waals surface area contributed by atoms with Crippen molar-refractivity contribution in [2.45, 2.75) is 6.92 Å². The first-order valence-corrected chi connectivity index (χ1v) is 11.6. The van der Waals surface area contributed by atoms with Gasteiger partial charge in [-0.1, -0.05) is 12.1 Å². The van der Waals surface area contributed by atoms with Crippen molar-refractivity contribution in [1.29, 1.82) is 0 Å². The predicted octanol–water partition coefficient (Wildman–Crippen LogP) is 4.39. The second kappa shape index (κ2) is 7.39. The number of rotatable bonds is 3. The summed E-state index contributed by atoms with van der Waals surface area (Å²) in [5.41, 5.74) is 10.8. The number of benzene rings is 2. The average molecular weight is 469 g/mol. The third-order valence-electron chi connectivity index (χ3n) is 6.29. The number of anilines is 4. The van der Waals surface area contributed by atoms with Gasteiger partial charge in [0.1, 0.15) is 18.3 Å². The SMILES string of the molecule is Cc1ccc2c(Nc3ccc4c(c3)C(=O)N(C)C4=O)nccc2c1N1CN=C(N)c2sccc21. The van der Waals surface area contributed by atoms with Crippen molar-refractivity contribution in [3.63, 3.8) is 0 Å². The maximum absolute atomic E-state index is 12.4. The minimum atomic E-state index is -0.302. The smallest absolute Gasteiger partial charge is 0.261 e. The van der Waals surface area contributed by atoms with Crippen LogP contribution in [-0.2, 0) is 0 Å². The highest BCUT2D eigenvalue weighted by Gasteiger charge is 2.32. The van der Waals surface area contributed by atoms with E-state index in [2.05, 4.69) is 39.2 Å². The molecular formula is C25H20N6O2S. The number of pyridine rings is 1. The number of aliphatic imine (C=N–C) groups is 1. The molecule has 9 heteroatoms. The molecule has 3 N–H and O–H groups in total. The van der Waals surface area contributed by atoms with Crippen LogP contribution in [0, 0.1) is 6.92 Å². The zero-order chi connectivity index (χ0) is 23.6. The normalized spacial score (nSPS) is 14.9. The van der Waals surface area contributed by atoms with Gasteiger partial charge in [-0.25, -0.2) is 9.98 Å². The van der Waals surface area contributed by atoms with Crippen LogP contribution in [0.15, 0.2) is 59.0 Å². The number of aryl methyl sites for hydroxylation is 1. The van der Waals surface area contributed by atoms with Crippen molar-refractivity contribution in [3.8, 4) is 0 Å². The number of carbonyl (C=O) groups is 2. The van der Waals surface area contributed by atoms with Crippen LogP contribution in [0.25, 0.3) is 10.8 Å². The monoisotopic (exact) mass is 468 g/mol. The quantitative estimate of drug-likeness (QED) is 0.432. The second-order valence-corrected chi connectivity index (χ2v) is 9.20. The third kappa shape index (κ3) is 2.90. The van der Waals surface area contributed by atoms with Crippen LogP contribution < -0.4 is 16.0 Å². The minimum Gasteiger partial charge on any atom is -0.383 e. The van der Waals surface area contributed by atoms with Crippen molar-refractivity contribution in [2.75, 3.05) is 23.9 Å². The highest BCUT2D eigenvalue weighted by Crippen LogP contribution is 2.41. The average Bonchev–Trinajstić information content (AvgIpc) is 3.41. The zero-order valence-electron chi connectivity index (χ0n) is 18.5. The molecule has 0 saturated heterocycles. The van der Waals surface area contributed by atoms with Gasteiger partial charge >= 0.3 is 0 Å².